The van der Waals surface area contributed by atoms with Gasteiger partial charge in [0, 0.05) is 24.3 Å². The minimum atomic E-state index is -0.852. The first-order valence-corrected chi connectivity index (χ1v) is 6.25. The molecule has 3 rings (SSSR count). The molecule has 0 saturated heterocycles. The van der Waals surface area contributed by atoms with Gasteiger partial charge >= 0.3 is 0 Å². The van der Waals surface area contributed by atoms with E-state index in [1.54, 1.807) is 12.4 Å². The first-order chi connectivity index (χ1) is 9.75. The Hall–Kier alpha value is -2.49. The topological polar surface area (TPSA) is 24.9 Å². The Morgan fingerprint density at radius 3 is 2.75 bits per heavy atom. The van der Waals surface area contributed by atoms with Crippen molar-refractivity contribution in [1.82, 2.24) is 4.98 Å². The third kappa shape index (κ3) is 2.32. The first-order valence-electron chi connectivity index (χ1n) is 6.25. The van der Waals surface area contributed by atoms with E-state index in [0.29, 0.717) is 6.54 Å². The Morgan fingerprint density at radius 1 is 1.00 bits per heavy atom. The van der Waals surface area contributed by atoms with Crippen molar-refractivity contribution in [2.24, 2.45) is 0 Å². The fourth-order valence-electron chi connectivity index (χ4n) is 2.17. The van der Waals surface area contributed by atoms with Crippen LogP contribution in [0.15, 0.2) is 54.9 Å². The first kappa shape index (κ1) is 12.5. The van der Waals surface area contributed by atoms with E-state index in [1.807, 2.05) is 24.3 Å². The predicted molar refractivity (Wildman–Crippen MR) is 75.4 cm³/mol. The van der Waals surface area contributed by atoms with Gasteiger partial charge in [0.25, 0.3) is 0 Å². The maximum absolute atomic E-state index is 13.6. The summed E-state index contributed by atoms with van der Waals surface area (Å²) in [4.78, 5) is 4.07. The molecule has 0 radical (unpaired) electrons. The number of pyridine rings is 1. The standard InChI is InChI=1S/C16H12F2N2/c17-14-5-2-6-15(16(14)18)20-10-12-4-1-3-11-9-19-8-7-13(11)12/h1-9,20H,10H2. The lowest BCUT2D eigenvalue weighted by Crippen LogP contribution is -2.03. The van der Waals surface area contributed by atoms with E-state index in [2.05, 4.69) is 10.3 Å². The van der Waals surface area contributed by atoms with Crippen molar-refractivity contribution < 1.29 is 8.78 Å². The third-order valence-electron chi connectivity index (χ3n) is 3.19. The highest BCUT2D eigenvalue weighted by molar-refractivity contribution is 5.84. The second-order valence-corrected chi connectivity index (χ2v) is 4.47. The zero-order valence-corrected chi connectivity index (χ0v) is 10.6. The molecule has 0 aliphatic heterocycles. The van der Waals surface area contributed by atoms with Crippen LogP contribution in [-0.2, 0) is 6.54 Å². The van der Waals surface area contributed by atoms with E-state index in [-0.39, 0.29) is 5.69 Å². The molecule has 100 valence electrons. The number of hydrogen-bond donors (Lipinski definition) is 1. The smallest absolute Gasteiger partial charge is 0.181 e. The number of nitrogens with one attached hydrogen (secondary N) is 1. The summed E-state index contributed by atoms with van der Waals surface area (Å²) < 4.78 is 26.7. The van der Waals surface area contributed by atoms with Gasteiger partial charge in [0.1, 0.15) is 0 Å². The van der Waals surface area contributed by atoms with Crippen LogP contribution in [0.4, 0.5) is 14.5 Å². The molecule has 0 aliphatic carbocycles. The summed E-state index contributed by atoms with van der Waals surface area (Å²) in [7, 11) is 0. The maximum Gasteiger partial charge on any atom is 0.181 e. The molecular formula is C16H12F2N2. The van der Waals surface area contributed by atoms with Gasteiger partial charge in [0.05, 0.1) is 5.69 Å². The fraction of sp³-hybridized carbons (Fsp3) is 0.0625. The van der Waals surface area contributed by atoms with E-state index < -0.39 is 11.6 Å². The summed E-state index contributed by atoms with van der Waals surface area (Å²) >= 11 is 0. The largest absolute Gasteiger partial charge is 0.378 e. The highest BCUT2D eigenvalue weighted by atomic mass is 19.2. The van der Waals surface area contributed by atoms with Crippen LogP contribution < -0.4 is 5.32 Å². The number of benzene rings is 2. The lowest BCUT2D eigenvalue weighted by molar-refractivity contribution is 0.511. The zero-order chi connectivity index (χ0) is 13.9. The molecule has 0 fully saturated rings. The van der Waals surface area contributed by atoms with Gasteiger partial charge in [-0.1, -0.05) is 24.3 Å². The molecule has 4 heteroatoms. The van der Waals surface area contributed by atoms with Crippen LogP contribution in [0.3, 0.4) is 0 Å². The van der Waals surface area contributed by atoms with Crippen LogP contribution in [0.1, 0.15) is 5.56 Å². The Balaban J connectivity index is 1.89. The van der Waals surface area contributed by atoms with E-state index in [1.165, 1.54) is 12.1 Å². The van der Waals surface area contributed by atoms with Crippen molar-refractivity contribution in [3.8, 4) is 0 Å². The second kappa shape index (κ2) is 5.25. The molecule has 0 bridgehead atoms. The molecule has 2 nitrogen and oxygen atoms in total. The molecule has 2 aromatic carbocycles. The van der Waals surface area contributed by atoms with Crippen LogP contribution in [0.2, 0.25) is 0 Å². The minimum Gasteiger partial charge on any atom is -0.378 e. The molecule has 0 spiro atoms. The van der Waals surface area contributed by atoms with E-state index >= 15 is 0 Å². The lowest BCUT2D eigenvalue weighted by Gasteiger charge is -2.10. The van der Waals surface area contributed by atoms with Gasteiger partial charge in [0.15, 0.2) is 11.6 Å². The van der Waals surface area contributed by atoms with Gasteiger partial charge in [-0.25, -0.2) is 8.78 Å². The van der Waals surface area contributed by atoms with Crippen molar-refractivity contribution in [1.29, 1.82) is 0 Å². The number of rotatable bonds is 3. The number of fused-ring (bicyclic) bond motifs is 1. The fourth-order valence-corrected chi connectivity index (χ4v) is 2.17. The van der Waals surface area contributed by atoms with Crippen molar-refractivity contribution in [3.63, 3.8) is 0 Å². The Kier molecular flexibility index (Phi) is 3.29. The number of halogens is 2. The SMILES string of the molecule is Fc1cccc(NCc2cccc3cnccc23)c1F. The predicted octanol–water partition coefficient (Wildman–Crippen LogP) is 4.13. The summed E-state index contributed by atoms with van der Waals surface area (Å²) in [6.07, 6.45) is 3.50. The second-order valence-electron chi connectivity index (χ2n) is 4.47. The molecule has 0 saturated carbocycles. The Labute approximate surface area is 115 Å². The summed E-state index contributed by atoms with van der Waals surface area (Å²) in [5.74, 6) is -1.70. The average molecular weight is 270 g/mol. The number of nitrogens with zero attached hydrogens (tertiary/aromatic N) is 1. The molecule has 3 aromatic rings. The van der Waals surface area contributed by atoms with Crippen LogP contribution in [-0.4, -0.2) is 4.98 Å². The number of anilines is 1. The Morgan fingerprint density at radius 2 is 1.85 bits per heavy atom. The van der Waals surface area contributed by atoms with Gasteiger partial charge in [-0.3, -0.25) is 4.98 Å². The van der Waals surface area contributed by atoms with Crippen LogP contribution in [0.25, 0.3) is 10.8 Å². The molecule has 0 unspecified atom stereocenters. The maximum atomic E-state index is 13.6. The van der Waals surface area contributed by atoms with Gasteiger partial charge in [-0.05, 0) is 29.1 Å². The van der Waals surface area contributed by atoms with Gasteiger partial charge < -0.3 is 5.32 Å². The summed E-state index contributed by atoms with van der Waals surface area (Å²) in [5.41, 5.74) is 1.17. The van der Waals surface area contributed by atoms with Crippen LogP contribution >= 0.6 is 0 Å². The number of hydrogen-bond acceptors (Lipinski definition) is 2. The zero-order valence-electron chi connectivity index (χ0n) is 10.6. The molecular weight excluding hydrogens is 258 g/mol. The Bertz CT molecular complexity index is 751. The molecule has 1 aromatic heterocycles. The van der Waals surface area contributed by atoms with Crippen LogP contribution in [0, 0.1) is 11.6 Å². The van der Waals surface area contributed by atoms with Crippen molar-refractivity contribution >= 4 is 16.5 Å². The quantitative estimate of drug-likeness (QED) is 0.774. The minimum absolute atomic E-state index is 0.163. The lowest BCUT2D eigenvalue weighted by atomic mass is 10.1. The molecule has 0 aliphatic rings. The molecule has 1 heterocycles. The molecule has 0 atom stereocenters. The van der Waals surface area contributed by atoms with Crippen molar-refractivity contribution in [3.05, 3.63) is 72.1 Å². The number of aromatic nitrogens is 1. The summed E-state index contributed by atoms with van der Waals surface area (Å²) in [5, 5.41) is 4.99. The normalized spacial score (nSPS) is 10.7. The van der Waals surface area contributed by atoms with Crippen LogP contribution in [0.5, 0.6) is 0 Å². The van der Waals surface area contributed by atoms with Gasteiger partial charge in [-0.15, -0.1) is 0 Å². The van der Waals surface area contributed by atoms with Gasteiger partial charge in [-0.2, -0.15) is 0 Å². The average Bonchev–Trinajstić information content (AvgIpc) is 2.49. The highest BCUT2D eigenvalue weighted by Crippen LogP contribution is 2.21. The van der Waals surface area contributed by atoms with Gasteiger partial charge in [0.2, 0.25) is 0 Å². The summed E-state index contributed by atoms with van der Waals surface area (Å²) in [6, 6.07) is 11.8. The summed E-state index contributed by atoms with van der Waals surface area (Å²) in [6.45, 7) is 0.418. The molecule has 20 heavy (non-hydrogen) atoms. The van der Waals surface area contributed by atoms with E-state index in [0.717, 1.165) is 22.4 Å². The van der Waals surface area contributed by atoms with E-state index in [9.17, 15) is 8.78 Å². The van der Waals surface area contributed by atoms with Crippen molar-refractivity contribution in [2.75, 3.05) is 5.32 Å². The molecule has 0 amide bonds. The third-order valence-corrected chi connectivity index (χ3v) is 3.19. The van der Waals surface area contributed by atoms with E-state index in [4.69, 9.17) is 0 Å². The monoisotopic (exact) mass is 270 g/mol. The molecule has 1 N–H and O–H groups in total. The van der Waals surface area contributed by atoms with Crippen molar-refractivity contribution in [2.45, 2.75) is 6.54 Å². The highest BCUT2D eigenvalue weighted by Gasteiger charge is 2.07.